The number of halogens is 1. The summed E-state index contributed by atoms with van der Waals surface area (Å²) in [6, 6.07) is 6.73. The second-order valence-electron chi connectivity index (χ2n) is 4.34. The van der Waals surface area contributed by atoms with Crippen molar-refractivity contribution in [3.63, 3.8) is 0 Å². The van der Waals surface area contributed by atoms with Crippen molar-refractivity contribution in [2.45, 2.75) is 11.4 Å². The quantitative estimate of drug-likeness (QED) is 0.870. The molecule has 2 aromatic rings. The van der Waals surface area contributed by atoms with E-state index in [-0.39, 0.29) is 17.1 Å². The first-order valence-electron chi connectivity index (χ1n) is 5.81. The van der Waals surface area contributed by atoms with Gasteiger partial charge in [-0.3, -0.25) is 4.98 Å². The standard InChI is InChI=1S/C13H14FN3O2S/c1-17(9-10-3-2-4-16-8-10)20(18,19)13-6-11(14)5-12(15)7-13/h2-8H,9,15H2,1H3. The maximum Gasteiger partial charge on any atom is 0.243 e. The lowest BCUT2D eigenvalue weighted by atomic mass is 10.3. The number of benzene rings is 1. The van der Waals surface area contributed by atoms with E-state index in [1.54, 1.807) is 24.5 Å². The van der Waals surface area contributed by atoms with Crippen LogP contribution in [-0.4, -0.2) is 24.8 Å². The molecule has 0 amide bonds. The number of hydrogen-bond donors (Lipinski definition) is 1. The van der Waals surface area contributed by atoms with Gasteiger partial charge in [-0.2, -0.15) is 4.31 Å². The molecule has 1 aromatic carbocycles. The SMILES string of the molecule is CN(Cc1cccnc1)S(=O)(=O)c1cc(N)cc(F)c1. The van der Waals surface area contributed by atoms with E-state index in [2.05, 4.69) is 4.98 Å². The maximum absolute atomic E-state index is 13.3. The minimum absolute atomic E-state index is 0.0679. The fraction of sp³-hybridized carbons (Fsp3) is 0.154. The highest BCUT2D eigenvalue weighted by atomic mass is 32.2. The van der Waals surface area contributed by atoms with Crippen molar-refractivity contribution in [3.8, 4) is 0 Å². The van der Waals surface area contributed by atoms with Crippen LogP contribution in [0, 0.1) is 5.82 Å². The highest BCUT2D eigenvalue weighted by Crippen LogP contribution is 2.20. The van der Waals surface area contributed by atoms with Crippen LogP contribution in [0.1, 0.15) is 5.56 Å². The van der Waals surface area contributed by atoms with E-state index in [0.29, 0.717) is 0 Å². The molecule has 0 bridgehead atoms. The van der Waals surface area contributed by atoms with Gasteiger partial charge >= 0.3 is 0 Å². The van der Waals surface area contributed by atoms with Gasteiger partial charge in [-0.1, -0.05) is 6.07 Å². The van der Waals surface area contributed by atoms with E-state index in [0.717, 1.165) is 22.0 Å². The maximum atomic E-state index is 13.3. The van der Waals surface area contributed by atoms with Crippen LogP contribution >= 0.6 is 0 Å². The summed E-state index contributed by atoms with van der Waals surface area (Å²) in [5.74, 6) is -0.682. The van der Waals surface area contributed by atoms with Gasteiger partial charge in [0.05, 0.1) is 4.90 Å². The Bertz CT molecular complexity index is 685. The van der Waals surface area contributed by atoms with Crippen molar-refractivity contribution < 1.29 is 12.8 Å². The van der Waals surface area contributed by atoms with Gasteiger partial charge in [0, 0.05) is 31.7 Å². The van der Waals surface area contributed by atoms with Crippen LogP contribution < -0.4 is 5.73 Å². The molecule has 0 fully saturated rings. The Balaban J connectivity index is 2.30. The van der Waals surface area contributed by atoms with Crippen molar-refractivity contribution in [2.24, 2.45) is 0 Å². The largest absolute Gasteiger partial charge is 0.399 e. The minimum atomic E-state index is -3.80. The van der Waals surface area contributed by atoms with E-state index in [9.17, 15) is 12.8 Å². The van der Waals surface area contributed by atoms with Gasteiger partial charge in [-0.25, -0.2) is 12.8 Å². The number of pyridine rings is 1. The number of nitrogens with zero attached hydrogens (tertiary/aromatic N) is 2. The summed E-state index contributed by atoms with van der Waals surface area (Å²) in [4.78, 5) is 3.75. The average Bonchev–Trinajstić information content (AvgIpc) is 2.38. The molecule has 0 spiro atoms. The fourth-order valence-corrected chi connectivity index (χ4v) is 2.97. The first-order chi connectivity index (χ1) is 9.39. The van der Waals surface area contributed by atoms with E-state index in [4.69, 9.17) is 5.73 Å². The first-order valence-corrected chi connectivity index (χ1v) is 7.25. The molecule has 1 heterocycles. The summed E-state index contributed by atoms with van der Waals surface area (Å²) < 4.78 is 39.0. The number of anilines is 1. The lowest BCUT2D eigenvalue weighted by molar-refractivity contribution is 0.465. The van der Waals surface area contributed by atoms with Crippen molar-refractivity contribution in [1.82, 2.24) is 9.29 Å². The predicted molar refractivity (Wildman–Crippen MR) is 73.7 cm³/mol. The zero-order valence-corrected chi connectivity index (χ0v) is 11.6. The monoisotopic (exact) mass is 295 g/mol. The molecule has 0 unspecified atom stereocenters. The Hall–Kier alpha value is -1.99. The normalized spacial score (nSPS) is 11.8. The lowest BCUT2D eigenvalue weighted by Gasteiger charge is -2.17. The van der Waals surface area contributed by atoms with Crippen molar-refractivity contribution >= 4 is 15.7 Å². The van der Waals surface area contributed by atoms with Crippen LogP contribution in [-0.2, 0) is 16.6 Å². The van der Waals surface area contributed by atoms with Crippen molar-refractivity contribution in [3.05, 3.63) is 54.1 Å². The Morgan fingerprint density at radius 1 is 1.35 bits per heavy atom. The minimum Gasteiger partial charge on any atom is -0.399 e. The average molecular weight is 295 g/mol. The molecule has 0 saturated heterocycles. The van der Waals surface area contributed by atoms with Crippen LogP contribution in [0.5, 0.6) is 0 Å². The summed E-state index contributed by atoms with van der Waals surface area (Å²) in [6.07, 6.45) is 3.18. The second kappa shape index (κ2) is 5.56. The molecule has 1 aromatic heterocycles. The number of nitrogen functional groups attached to an aromatic ring is 1. The van der Waals surface area contributed by atoms with E-state index < -0.39 is 15.8 Å². The number of aromatic nitrogens is 1. The van der Waals surface area contributed by atoms with Crippen LogP contribution in [0.25, 0.3) is 0 Å². The van der Waals surface area contributed by atoms with Gasteiger partial charge < -0.3 is 5.73 Å². The third-order valence-corrected chi connectivity index (χ3v) is 4.51. The Morgan fingerprint density at radius 2 is 2.10 bits per heavy atom. The van der Waals surface area contributed by atoms with Crippen molar-refractivity contribution in [2.75, 3.05) is 12.8 Å². The summed E-state index contributed by atoms with van der Waals surface area (Å²) in [5, 5.41) is 0. The van der Waals surface area contributed by atoms with Gasteiger partial charge in [0.1, 0.15) is 5.82 Å². The zero-order chi connectivity index (χ0) is 14.8. The number of hydrogen-bond acceptors (Lipinski definition) is 4. The smallest absolute Gasteiger partial charge is 0.243 e. The second-order valence-corrected chi connectivity index (χ2v) is 6.39. The summed E-state index contributed by atoms with van der Waals surface area (Å²) >= 11 is 0. The molecule has 20 heavy (non-hydrogen) atoms. The zero-order valence-electron chi connectivity index (χ0n) is 10.8. The number of sulfonamides is 1. The van der Waals surface area contributed by atoms with Gasteiger partial charge in [0.25, 0.3) is 0 Å². The van der Waals surface area contributed by atoms with Crippen LogP contribution in [0.2, 0.25) is 0 Å². The van der Waals surface area contributed by atoms with E-state index in [1.165, 1.54) is 13.1 Å². The van der Waals surface area contributed by atoms with Gasteiger partial charge in [0.2, 0.25) is 10.0 Å². The Kier molecular flexibility index (Phi) is 4.01. The molecule has 5 nitrogen and oxygen atoms in total. The molecular formula is C13H14FN3O2S. The summed E-state index contributed by atoms with van der Waals surface area (Å²) in [7, 11) is -2.38. The molecule has 2 N–H and O–H groups in total. The molecular weight excluding hydrogens is 281 g/mol. The molecule has 2 rings (SSSR count). The number of nitrogens with two attached hydrogens (primary N) is 1. The van der Waals surface area contributed by atoms with E-state index in [1.807, 2.05) is 0 Å². The molecule has 0 radical (unpaired) electrons. The third-order valence-electron chi connectivity index (χ3n) is 2.73. The fourth-order valence-electron chi connectivity index (χ4n) is 1.75. The van der Waals surface area contributed by atoms with Gasteiger partial charge in [0.15, 0.2) is 0 Å². The first kappa shape index (κ1) is 14.4. The third kappa shape index (κ3) is 3.12. The topological polar surface area (TPSA) is 76.3 Å². The van der Waals surface area contributed by atoms with Crippen LogP contribution in [0.4, 0.5) is 10.1 Å². The van der Waals surface area contributed by atoms with Gasteiger partial charge in [-0.05, 0) is 29.8 Å². The molecule has 0 atom stereocenters. The molecule has 0 aliphatic rings. The Morgan fingerprint density at radius 3 is 2.70 bits per heavy atom. The highest BCUT2D eigenvalue weighted by molar-refractivity contribution is 7.89. The number of rotatable bonds is 4. The molecule has 7 heteroatoms. The lowest BCUT2D eigenvalue weighted by Crippen LogP contribution is -2.26. The van der Waals surface area contributed by atoms with E-state index >= 15 is 0 Å². The summed E-state index contributed by atoms with van der Waals surface area (Å²) in [6.45, 7) is 0.145. The highest BCUT2D eigenvalue weighted by Gasteiger charge is 2.22. The van der Waals surface area contributed by atoms with Crippen LogP contribution in [0.3, 0.4) is 0 Å². The molecule has 106 valence electrons. The van der Waals surface area contributed by atoms with Crippen LogP contribution in [0.15, 0.2) is 47.6 Å². The summed E-state index contributed by atoms with van der Waals surface area (Å²) in [5.41, 5.74) is 6.28. The molecule has 0 aliphatic carbocycles. The Labute approximate surface area is 116 Å². The predicted octanol–water partition coefficient (Wildman–Crippen LogP) is 1.62. The molecule has 0 aliphatic heterocycles. The van der Waals surface area contributed by atoms with Crippen molar-refractivity contribution in [1.29, 1.82) is 0 Å². The van der Waals surface area contributed by atoms with Gasteiger partial charge in [-0.15, -0.1) is 0 Å². The molecule has 0 saturated carbocycles.